The van der Waals surface area contributed by atoms with Crippen LogP contribution in [0.3, 0.4) is 0 Å². The molecule has 0 aromatic heterocycles. The summed E-state index contributed by atoms with van der Waals surface area (Å²) in [5.41, 5.74) is 6.40. The lowest BCUT2D eigenvalue weighted by Crippen LogP contribution is -2.45. The zero-order chi connectivity index (χ0) is 15.1. The molecular weight excluding hydrogens is 264 g/mol. The lowest BCUT2D eigenvalue weighted by molar-refractivity contribution is 0.0374. The van der Waals surface area contributed by atoms with Gasteiger partial charge in [-0.1, -0.05) is 25.8 Å². The monoisotopic (exact) mass is 292 g/mol. The van der Waals surface area contributed by atoms with Gasteiger partial charge in [0.25, 0.3) is 0 Å². The number of rotatable bonds is 7. The number of benzene rings is 1. The van der Waals surface area contributed by atoms with E-state index in [2.05, 4.69) is 11.8 Å². The van der Waals surface area contributed by atoms with Gasteiger partial charge in [0, 0.05) is 24.3 Å². The van der Waals surface area contributed by atoms with Crippen LogP contribution in [0.1, 0.15) is 39.0 Å². The summed E-state index contributed by atoms with van der Waals surface area (Å²) in [6.07, 6.45) is 5.79. The van der Waals surface area contributed by atoms with Crippen molar-refractivity contribution in [3.8, 4) is 5.75 Å². The number of aliphatic hydroxyl groups is 1. The van der Waals surface area contributed by atoms with Crippen LogP contribution < -0.4 is 10.5 Å². The number of likely N-dealkylation sites (tertiary alicyclic amines) is 1. The molecule has 1 heterocycles. The second-order valence-corrected chi connectivity index (χ2v) is 5.97. The van der Waals surface area contributed by atoms with Crippen molar-refractivity contribution in [2.45, 2.75) is 51.2 Å². The van der Waals surface area contributed by atoms with Crippen molar-refractivity contribution in [3.05, 3.63) is 24.3 Å². The molecule has 3 N–H and O–H groups in total. The first-order valence-electron chi connectivity index (χ1n) is 8.09. The topological polar surface area (TPSA) is 58.7 Å². The molecule has 2 rings (SSSR count). The van der Waals surface area contributed by atoms with Gasteiger partial charge in [-0.25, -0.2) is 0 Å². The number of ether oxygens (including phenoxy) is 1. The zero-order valence-electron chi connectivity index (χ0n) is 13.0. The number of anilines is 1. The van der Waals surface area contributed by atoms with Gasteiger partial charge in [0.05, 0.1) is 0 Å². The molecule has 1 fully saturated rings. The van der Waals surface area contributed by atoms with E-state index in [1.165, 1.54) is 32.1 Å². The minimum atomic E-state index is -0.455. The third-order valence-corrected chi connectivity index (χ3v) is 4.12. The van der Waals surface area contributed by atoms with Crippen molar-refractivity contribution in [3.63, 3.8) is 0 Å². The minimum absolute atomic E-state index is 0.318. The molecule has 1 aromatic carbocycles. The first kappa shape index (κ1) is 16.1. The van der Waals surface area contributed by atoms with E-state index in [0.29, 0.717) is 24.9 Å². The molecule has 0 amide bonds. The molecule has 2 unspecified atom stereocenters. The molecule has 1 aromatic rings. The fraction of sp³-hybridized carbons (Fsp3) is 0.647. The standard InChI is InChI=1S/C17H28N2O2/c1-2-6-15-8-3-4-10-19(15)12-16(20)13-21-17-9-5-7-14(18)11-17/h5,7,9,11,15-16,20H,2-4,6,8,10,12-13,18H2,1H3. The van der Waals surface area contributed by atoms with E-state index in [1.807, 2.05) is 18.2 Å². The van der Waals surface area contributed by atoms with Crippen LogP contribution in [0.5, 0.6) is 5.75 Å². The summed E-state index contributed by atoms with van der Waals surface area (Å²) in [7, 11) is 0. The lowest BCUT2D eigenvalue weighted by atomic mass is 9.98. The molecule has 0 bridgehead atoms. The van der Waals surface area contributed by atoms with Crippen LogP contribution in [0.4, 0.5) is 5.69 Å². The van der Waals surface area contributed by atoms with E-state index in [1.54, 1.807) is 6.07 Å². The number of aliphatic hydroxyl groups excluding tert-OH is 1. The lowest BCUT2D eigenvalue weighted by Gasteiger charge is -2.36. The van der Waals surface area contributed by atoms with Gasteiger partial charge in [-0.3, -0.25) is 4.90 Å². The number of nitrogens with zero attached hydrogens (tertiary/aromatic N) is 1. The Hall–Kier alpha value is -1.26. The smallest absolute Gasteiger partial charge is 0.121 e. The van der Waals surface area contributed by atoms with Crippen LogP contribution in [-0.4, -0.2) is 41.8 Å². The Morgan fingerprint density at radius 1 is 1.43 bits per heavy atom. The van der Waals surface area contributed by atoms with Gasteiger partial charge in [0.1, 0.15) is 18.5 Å². The molecular formula is C17H28N2O2. The fourth-order valence-corrected chi connectivity index (χ4v) is 3.08. The van der Waals surface area contributed by atoms with Gasteiger partial charge in [-0.15, -0.1) is 0 Å². The average molecular weight is 292 g/mol. The summed E-state index contributed by atoms with van der Waals surface area (Å²) in [5, 5.41) is 10.2. The number of hydrogen-bond donors (Lipinski definition) is 2. The molecule has 1 saturated heterocycles. The number of piperidine rings is 1. The molecule has 0 spiro atoms. The summed E-state index contributed by atoms with van der Waals surface area (Å²) in [6.45, 7) is 4.35. The minimum Gasteiger partial charge on any atom is -0.491 e. The SMILES string of the molecule is CCCC1CCCCN1CC(O)COc1cccc(N)c1. The number of β-amino-alcohol motifs (C(OH)–C–C–N with tert-alkyl or cyclic N) is 1. The molecule has 0 saturated carbocycles. The maximum absolute atomic E-state index is 10.2. The Morgan fingerprint density at radius 2 is 2.29 bits per heavy atom. The molecule has 1 aliphatic heterocycles. The van der Waals surface area contributed by atoms with E-state index >= 15 is 0 Å². The Labute approximate surface area is 127 Å². The molecule has 0 radical (unpaired) electrons. The Bertz CT molecular complexity index is 423. The van der Waals surface area contributed by atoms with Gasteiger partial charge in [-0.2, -0.15) is 0 Å². The summed E-state index contributed by atoms with van der Waals surface area (Å²) < 4.78 is 5.63. The van der Waals surface area contributed by atoms with Crippen molar-refractivity contribution in [1.82, 2.24) is 4.90 Å². The van der Waals surface area contributed by atoms with Crippen molar-refractivity contribution in [2.24, 2.45) is 0 Å². The highest BCUT2D eigenvalue weighted by atomic mass is 16.5. The molecule has 1 aliphatic rings. The van der Waals surface area contributed by atoms with Gasteiger partial charge < -0.3 is 15.6 Å². The largest absolute Gasteiger partial charge is 0.491 e. The summed E-state index contributed by atoms with van der Waals surface area (Å²) in [6, 6.07) is 7.97. The van der Waals surface area contributed by atoms with Crippen molar-refractivity contribution in [1.29, 1.82) is 0 Å². The predicted octanol–water partition coefficient (Wildman–Crippen LogP) is 2.66. The average Bonchev–Trinajstić information content (AvgIpc) is 2.48. The van der Waals surface area contributed by atoms with Crippen molar-refractivity contribution < 1.29 is 9.84 Å². The van der Waals surface area contributed by atoms with Gasteiger partial charge in [0.15, 0.2) is 0 Å². The van der Waals surface area contributed by atoms with E-state index in [9.17, 15) is 5.11 Å². The number of nitrogen functional groups attached to an aromatic ring is 1. The third kappa shape index (κ3) is 5.21. The first-order valence-corrected chi connectivity index (χ1v) is 8.09. The predicted molar refractivity (Wildman–Crippen MR) is 86.5 cm³/mol. The summed E-state index contributed by atoms with van der Waals surface area (Å²) >= 11 is 0. The van der Waals surface area contributed by atoms with Crippen LogP contribution in [0.25, 0.3) is 0 Å². The van der Waals surface area contributed by atoms with E-state index in [0.717, 1.165) is 12.3 Å². The second kappa shape index (κ2) is 8.25. The highest BCUT2D eigenvalue weighted by molar-refractivity contribution is 5.43. The van der Waals surface area contributed by atoms with Gasteiger partial charge >= 0.3 is 0 Å². The molecule has 4 heteroatoms. The molecule has 2 atom stereocenters. The fourth-order valence-electron chi connectivity index (χ4n) is 3.08. The maximum Gasteiger partial charge on any atom is 0.121 e. The molecule has 4 nitrogen and oxygen atoms in total. The van der Waals surface area contributed by atoms with Gasteiger partial charge in [0.2, 0.25) is 0 Å². The quantitative estimate of drug-likeness (QED) is 0.759. The van der Waals surface area contributed by atoms with Crippen LogP contribution in [0.15, 0.2) is 24.3 Å². The zero-order valence-corrected chi connectivity index (χ0v) is 13.0. The first-order chi connectivity index (χ1) is 10.2. The maximum atomic E-state index is 10.2. The van der Waals surface area contributed by atoms with E-state index in [-0.39, 0.29) is 0 Å². The third-order valence-electron chi connectivity index (χ3n) is 4.12. The van der Waals surface area contributed by atoms with Crippen LogP contribution in [0.2, 0.25) is 0 Å². The van der Waals surface area contributed by atoms with Crippen molar-refractivity contribution in [2.75, 3.05) is 25.4 Å². The van der Waals surface area contributed by atoms with E-state index in [4.69, 9.17) is 10.5 Å². The van der Waals surface area contributed by atoms with Crippen LogP contribution in [-0.2, 0) is 0 Å². The number of hydrogen-bond acceptors (Lipinski definition) is 4. The highest BCUT2D eigenvalue weighted by Gasteiger charge is 2.23. The molecule has 21 heavy (non-hydrogen) atoms. The summed E-state index contributed by atoms with van der Waals surface area (Å²) in [5.74, 6) is 0.720. The Kier molecular flexibility index (Phi) is 6.33. The Morgan fingerprint density at radius 3 is 3.05 bits per heavy atom. The Balaban J connectivity index is 1.78. The molecule has 0 aliphatic carbocycles. The van der Waals surface area contributed by atoms with Crippen molar-refractivity contribution >= 4 is 5.69 Å². The second-order valence-electron chi connectivity index (χ2n) is 5.97. The van der Waals surface area contributed by atoms with Crippen LogP contribution in [0, 0.1) is 0 Å². The van der Waals surface area contributed by atoms with Crippen LogP contribution >= 0.6 is 0 Å². The van der Waals surface area contributed by atoms with Gasteiger partial charge in [-0.05, 0) is 37.9 Å². The number of nitrogens with two attached hydrogens (primary N) is 1. The normalized spacial score (nSPS) is 21.1. The van der Waals surface area contributed by atoms with E-state index < -0.39 is 6.10 Å². The highest BCUT2D eigenvalue weighted by Crippen LogP contribution is 2.21. The summed E-state index contributed by atoms with van der Waals surface area (Å²) in [4.78, 5) is 2.43. The molecule has 118 valence electrons.